The quantitative estimate of drug-likeness (QED) is 0.248. The van der Waals surface area contributed by atoms with Crippen molar-refractivity contribution in [2.75, 3.05) is 20.8 Å². The molecule has 3 aromatic carbocycles. The number of Topliss-reactive ketones (excluding diaryl/α,β-unsaturated/α-hetero) is 1. The van der Waals surface area contributed by atoms with Gasteiger partial charge >= 0.3 is 0 Å². The lowest BCUT2D eigenvalue weighted by Gasteiger charge is -2.25. The highest BCUT2D eigenvalue weighted by molar-refractivity contribution is 6.46. The molecule has 0 bridgehead atoms. The largest absolute Gasteiger partial charge is 0.507 e. The Hall–Kier alpha value is -4.26. The molecule has 1 aliphatic rings. The lowest BCUT2D eigenvalue weighted by molar-refractivity contribution is -0.139. The van der Waals surface area contributed by atoms with Crippen LogP contribution in [0.15, 0.2) is 78.4 Å². The zero-order chi connectivity index (χ0) is 26.5. The van der Waals surface area contributed by atoms with Crippen LogP contribution in [0, 0.1) is 0 Å². The van der Waals surface area contributed by atoms with Crippen LogP contribution in [0.5, 0.6) is 17.2 Å². The lowest BCUT2D eigenvalue weighted by Crippen LogP contribution is -2.31. The van der Waals surface area contributed by atoms with Crippen LogP contribution in [0.2, 0.25) is 0 Å². The van der Waals surface area contributed by atoms with E-state index >= 15 is 0 Å². The highest BCUT2D eigenvalue weighted by Crippen LogP contribution is 2.40. The van der Waals surface area contributed by atoms with Gasteiger partial charge in [0.1, 0.15) is 11.5 Å². The smallest absolute Gasteiger partial charge is 0.295 e. The Balaban J connectivity index is 1.72. The van der Waals surface area contributed by atoms with Crippen molar-refractivity contribution in [1.82, 2.24) is 4.90 Å². The van der Waals surface area contributed by atoms with E-state index in [4.69, 9.17) is 14.2 Å². The molecule has 0 saturated carbocycles. The Morgan fingerprint density at radius 2 is 1.65 bits per heavy atom. The van der Waals surface area contributed by atoms with E-state index in [1.54, 1.807) is 38.5 Å². The van der Waals surface area contributed by atoms with E-state index in [-0.39, 0.29) is 24.0 Å². The number of rotatable bonds is 9. The van der Waals surface area contributed by atoms with Crippen LogP contribution in [-0.4, -0.2) is 48.6 Å². The summed E-state index contributed by atoms with van der Waals surface area (Å²) in [5.74, 6) is 0.178. The van der Waals surface area contributed by atoms with Gasteiger partial charge in [0.25, 0.3) is 11.7 Å². The third-order valence-electron chi connectivity index (χ3n) is 6.22. The number of nitrogens with zero attached hydrogens (tertiary/aromatic N) is 1. The molecule has 1 N–H and O–H groups in total. The molecular weight excluding hydrogens is 470 g/mol. The van der Waals surface area contributed by atoms with Gasteiger partial charge in [-0.15, -0.1) is 0 Å². The summed E-state index contributed by atoms with van der Waals surface area (Å²) in [6.45, 7) is 4.09. The molecule has 1 aliphatic heterocycles. The number of ether oxygens (including phenoxy) is 3. The van der Waals surface area contributed by atoms with Gasteiger partial charge in [-0.1, -0.05) is 48.5 Å². The topological polar surface area (TPSA) is 85.3 Å². The molecule has 192 valence electrons. The third-order valence-corrected chi connectivity index (χ3v) is 6.22. The van der Waals surface area contributed by atoms with Gasteiger partial charge in [-0.05, 0) is 55.7 Å². The number of aliphatic hydroxyl groups excluding tert-OH is 1. The van der Waals surface area contributed by atoms with Crippen molar-refractivity contribution in [3.63, 3.8) is 0 Å². The molecule has 1 unspecified atom stereocenters. The van der Waals surface area contributed by atoms with E-state index in [1.165, 1.54) is 4.90 Å². The summed E-state index contributed by atoms with van der Waals surface area (Å²) in [4.78, 5) is 28.1. The van der Waals surface area contributed by atoms with Gasteiger partial charge in [-0.25, -0.2) is 0 Å². The molecule has 7 nitrogen and oxygen atoms in total. The lowest BCUT2D eigenvalue weighted by atomic mass is 9.95. The minimum atomic E-state index is -0.726. The predicted molar refractivity (Wildman–Crippen MR) is 141 cm³/mol. The minimum Gasteiger partial charge on any atom is -0.507 e. The number of aliphatic hydroxyl groups is 1. The molecule has 0 radical (unpaired) electrons. The van der Waals surface area contributed by atoms with Gasteiger partial charge < -0.3 is 24.2 Å². The van der Waals surface area contributed by atoms with E-state index in [2.05, 4.69) is 0 Å². The second-order valence-electron chi connectivity index (χ2n) is 9.04. The fourth-order valence-corrected chi connectivity index (χ4v) is 4.52. The molecule has 1 saturated heterocycles. The zero-order valence-electron chi connectivity index (χ0n) is 21.4. The van der Waals surface area contributed by atoms with Crippen LogP contribution in [0.1, 0.15) is 36.6 Å². The number of methoxy groups -OCH3 is 2. The normalized spacial score (nSPS) is 16.8. The van der Waals surface area contributed by atoms with E-state index < -0.39 is 17.7 Å². The maximum atomic E-state index is 13.3. The number of ketones is 1. The Bertz CT molecular complexity index is 1310. The van der Waals surface area contributed by atoms with Crippen LogP contribution < -0.4 is 14.2 Å². The Labute approximate surface area is 216 Å². The molecule has 1 amide bonds. The van der Waals surface area contributed by atoms with Crippen LogP contribution >= 0.6 is 0 Å². The van der Waals surface area contributed by atoms with Gasteiger partial charge in [0.2, 0.25) is 0 Å². The maximum absolute atomic E-state index is 13.3. The Morgan fingerprint density at radius 3 is 2.32 bits per heavy atom. The molecular formula is C30H31NO6. The molecule has 37 heavy (non-hydrogen) atoms. The number of carbonyl (C=O) groups is 2. The van der Waals surface area contributed by atoms with E-state index in [0.717, 1.165) is 11.1 Å². The van der Waals surface area contributed by atoms with Crippen molar-refractivity contribution in [1.29, 1.82) is 0 Å². The van der Waals surface area contributed by atoms with Crippen LogP contribution in [-0.2, 0) is 16.0 Å². The van der Waals surface area contributed by atoms with Gasteiger partial charge in [0.05, 0.1) is 31.9 Å². The van der Waals surface area contributed by atoms with Gasteiger partial charge in [-0.2, -0.15) is 0 Å². The molecule has 1 fully saturated rings. The number of benzene rings is 3. The van der Waals surface area contributed by atoms with Crippen LogP contribution in [0.4, 0.5) is 0 Å². The Morgan fingerprint density at radius 1 is 0.919 bits per heavy atom. The number of hydrogen-bond donors (Lipinski definition) is 1. The van der Waals surface area contributed by atoms with Crippen molar-refractivity contribution in [2.45, 2.75) is 32.4 Å². The summed E-state index contributed by atoms with van der Waals surface area (Å²) < 4.78 is 16.5. The molecule has 0 aliphatic carbocycles. The second-order valence-corrected chi connectivity index (χ2v) is 9.04. The summed E-state index contributed by atoms with van der Waals surface area (Å²) in [6.07, 6.45) is 0.429. The number of likely N-dealkylation sites (tertiary alicyclic amines) is 1. The molecule has 0 spiro atoms. The number of carbonyl (C=O) groups excluding carboxylic acids is 2. The zero-order valence-corrected chi connectivity index (χ0v) is 21.4. The fourth-order valence-electron chi connectivity index (χ4n) is 4.52. The number of hydrogen-bond acceptors (Lipinski definition) is 6. The average molecular weight is 502 g/mol. The first-order chi connectivity index (χ1) is 17.8. The van der Waals surface area contributed by atoms with E-state index in [9.17, 15) is 14.7 Å². The van der Waals surface area contributed by atoms with Gasteiger partial charge in [-0.3, -0.25) is 9.59 Å². The average Bonchev–Trinajstić information content (AvgIpc) is 3.16. The van der Waals surface area contributed by atoms with Crippen LogP contribution in [0.25, 0.3) is 5.76 Å². The molecule has 1 atom stereocenters. The number of amides is 1. The van der Waals surface area contributed by atoms with Gasteiger partial charge in [0.15, 0.2) is 11.5 Å². The summed E-state index contributed by atoms with van der Waals surface area (Å²) in [6, 6.07) is 21.0. The molecule has 4 rings (SSSR count). The summed E-state index contributed by atoms with van der Waals surface area (Å²) in [7, 11) is 3.14. The van der Waals surface area contributed by atoms with Crippen molar-refractivity contribution in [2.24, 2.45) is 0 Å². The monoisotopic (exact) mass is 501 g/mol. The SMILES string of the molecule is COc1ccc(CCN2C(=O)C(=O)/C(=C(/O)c3cccc(OC(C)C)c3)C2c2ccccc2)cc1OC. The second kappa shape index (κ2) is 11.2. The summed E-state index contributed by atoms with van der Waals surface area (Å²) in [5, 5.41) is 11.3. The van der Waals surface area contributed by atoms with Crippen molar-refractivity contribution in [3.8, 4) is 17.2 Å². The van der Waals surface area contributed by atoms with Crippen LogP contribution in [0.3, 0.4) is 0 Å². The van der Waals surface area contributed by atoms with Crippen molar-refractivity contribution < 1.29 is 28.9 Å². The standard InChI is InChI=1S/C30H31NO6/c1-19(2)37-23-12-8-11-22(18-23)28(32)26-27(21-9-6-5-7-10-21)31(30(34)29(26)33)16-15-20-13-14-24(35-3)25(17-20)36-4/h5-14,17-19,27,32H,15-16H2,1-4H3/b28-26+. The minimum absolute atomic E-state index is 0.0520. The van der Waals surface area contributed by atoms with E-state index in [1.807, 2.05) is 62.4 Å². The fraction of sp³-hybridized carbons (Fsp3) is 0.267. The molecule has 1 heterocycles. The first kappa shape index (κ1) is 25.8. The summed E-state index contributed by atoms with van der Waals surface area (Å²) in [5.41, 5.74) is 2.14. The first-order valence-corrected chi connectivity index (χ1v) is 12.2. The highest BCUT2D eigenvalue weighted by atomic mass is 16.5. The first-order valence-electron chi connectivity index (χ1n) is 12.2. The third kappa shape index (κ3) is 5.45. The maximum Gasteiger partial charge on any atom is 0.295 e. The van der Waals surface area contributed by atoms with Crippen molar-refractivity contribution in [3.05, 3.63) is 95.1 Å². The van der Waals surface area contributed by atoms with Crippen molar-refractivity contribution >= 4 is 17.4 Å². The Kier molecular flexibility index (Phi) is 7.82. The molecule has 0 aromatic heterocycles. The molecule has 7 heteroatoms. The molecule has 3 aromatic rings. The predicted octanol–water partition coefficient (Wildman–Crippen LogP) is 5.16. The van der Waals surface area contributed by atoms with Gasteiger partial charge in [0, 0.05) is 12.1 Å². The summed E-state index contributed by atoms with van der Waals surface area (Å²) >= 11 is 0. The highest BCUT2D eigenvalue weighted by Gasteiger charge is 2.45. The van der Waals surface area contributed by atoms with E-state index in [0.29, 0.717) is 29.2 Å².